The highest BCUT2D eigenvalue weighted by molar-refractivity contribution is 6.14. The molecule has 0 radical (unpaired) electrons. The van der Waals surface area contributed by atoms with E-state index in [1.165, 1.54) is 110 Å². The van der Waals surface area contributed by atoms with Crippen LogP contribution in [0.3, 0.4) is 0 Å². The van der Waals surface area contributed by atoms with E-state index in [1.54, 1.807) is 0 Å². The number of hydrogen-bond donors (Lipinski definition) is 0. The van der Waals surface area contributed by atoms with Crippen molar-refractivity contribution in [3.63, 3.8) is 0 Å². The smallest absolute Gasteiger partial charge is 0.0541 e. The summed E-state index contributed by atoms with van der Waals surface area (Å²) in [6, 6.07) is 107. The van der Waals surface area contributed by atoms with Crippen molar-refractivity contribution in [1.29, 1.82) is 0 Å². The van der Waals surface area contributed by atoms with E-state index in [2.05, 4.69) is 300 Å². The second-order valence-corrected chi connectivity index (χ2v) is 19.3. The molecule has 346 valence electrons. The van der Waals surface area contributed by atoms with E-state index < -0.39 is 0 Å². The summed E-state index contributed by atoms with van der Waals surface area (Å²) in [6.07, 6.45) is 0. The van der Waals surface area contributed by atoms with Crippen molar-refractivity contribution in [2.75, 3.05) is 0 Å². The molecule has 0 unspecified atom stereocenters. The molecule has 0 saturated carbocycles. The zero-order chi connectivity index (χ0) is 49.0. The lowest BCUT2D eigenvalue weighted by atomic mass is 9.97. The van der Waals surface area contributed by atoms with Crippen molar-refractivity contribution in [3.8, 4) is 89.3 Å². The number of rotatable bonds is 9. The topological polar surface area (TPSA) is 9.86 Å². The fourth-order valence-electron chi connectivity index (χ4n) is 11.3. The average molecular weight is 941 g/mol. The number of fused-ring (bicyclic) bond motifs is 6. The molecule has 2 heterocycles. The van der Waals surface area contributed by atoms with Gasteiger partial charge in [-0.2, -0.15) is 0 Å². The third kappa shape index (κ3) is 7.69. The molecule has 0 amide bonds. The Kier molecular flexibility index (Phi) is 10.6. The molecule has 0 aliphatic rings. The van der Waals surface area contributed by atoms with E-state index in [0.29, 0.717) is 0 Å². The van der Waals surface area contributed by atoms with Crippen LogP contribution in [0.1, 0.15) is 0 Å². The van der Waals surface area contributed by atoms with Crippen LogP contribution in [-0.2, 0) is 0 Å². The summed E-state index contributed by atoms with van der Waals surface area (Å²) in [4.78, 5) is 0. The van der Waals surface area contributed by atoms with Crippen LogP contribution < -0.4 is 0 Å². The second-order valence-electron chi connectivity index (χ2n) is 19.3. The van der Waals surface area contributed by atoms with Gasteiger partial charge in [0.2, 0.25) is 0 Å². The first-order valence-corrected chi connectivity index (χ1v) is 25.5. The molecule has 0 N–H and O–H groups in total. The van der Waals surface area contributed by atoms with E-state index in [0.717, 1.165) is 22.4 Å². The molecule has 0 spiro atoms. The molecular weight excluding hydrogens is 893 g/mol. The van der Waals surface area contributed by atoms with Crippen molar-refractivity contribution in [1.82, 2.24) is 9.13 Å². The van der Waals surface area contributed by atoms with Gasteiger partial charge in [0.25, 0.3) is 0 Å². The van der Waals surface area contributed by atoms with Crippen LogP contribution in [-0.4, -0.2) is 9.13 Å². The predicted octanol–water partition coefficient (Wildman–Crippen LogP) is 19.5. The molecule has 2 heteroatoms. The molecule has 0 atom stereocenters. The maximum Gasteiger partial charge on any atom is 0.0541 e. The monoisotopic (exact) mass is 940 g/mol. The summed E-state index contributed by atoms with van der Waals surface area (Å²) in [6.45, 7) is 0. The van der Waals surface area contributed by atoms with Gasteiger partial charge in [-0.05, 0) is 163 Å². The van der Waals surface area contributed by atoms with Crippen molar-refractivity contribution < 1.29 is 0 Å². The second kappa shape index (κ2) is 18.1. The lowest BCUT2D eigenvalue weighted by Crippen LogP contribution is -1.96. The number of benzene rings is 12. The maximum atomic E-state index is 2.47. The van der Waals surface area contributed by atoms with Crippen LogP contribution in [0, 0.1) is 0 Å². The third-order valence-electron chi connectivity index (χ3n) is 14.9. The minimum absolute atomic E-state index is 1.13. The highest BCUT2D eigenvalue weighted by Gasteiger charge is 2.20. The largest absolute Gasteiger partial charge is 0.309 e. The number of hydrogen-bond acceptors (Lipinski definition) is 0. The maximum absolute atomic E-state index is 2.47. The quantitative estimate of drug-likeness (QED) is 0.136. The zero-order valence-electron chi connectivity index (χ0n) is 40.6. The van der Waals surface area contributed by atoms with Gasteiger partial charge in [-0.25, -0.2) is 0 Å². The predicted molar refractivity (Wildman–Crippen MR) is 313 cm³/mol. The highest BCUT2D eigenvalue weighted by Crippen LogP contribution is 2.43. The molecule has 0 aliphatic heterocycles. The number of aromatic nitrogens is 2. The molecule has 14 rings (SSSR count). The summed E-state index contributed by atoms with van der Waals surface area (Å²) in [7, 11) is 0. The Morgan fingerprint density at radius 3 is 0.581 bits per heavy atom. The van der Waals surface area contributed by atoms with Gasteiger partial charge in [0.15, 0.2) is 0 Å². The van der Waals surface area contributed by atoms with E-state index in [9.17, 15) is 0 Å². The fraction of sp³-hybridized carbons (Fsp3) is 0. The van der Waals surface area contributed by atoms with Crippen molar-refractivity contribution in [2.45, 2.75) is 0 Å². The van der Waals surface area contributed by atoms with Crippen LogP contribution >= 0.6 is 0 Å². The molecule has 2 nitrogen and oxygen atoms in total. The van der Waals surface area contributed by atoms with E-state index in [1.807, 2.05) is 0 Å². The molecule has 14 aromatic rings. The van der Waals surface area contributed by atoms with Crippen LogP contribution in [0.2, 0.25) is 0 Å². The van der Waals surface area contributed by atoms with Crippen molar-refractivity contribution in [2.24, 2.45) is 0 Å². The van der Waals surface area contributed by atoms with Gasteiger partial charge in [-0.15, -0.1) is 0 Å². The van der Waals surface area contributed by atoms with Gasteiger partial charge in [0.05, 0.1) is 22.1 Å². The first kappa shape index (κ1) is 43.1. The minimum Gasteiger partial charge on any atom is -0.309 e. The normalized spacial score (nSPS) is 11.5. The summed E-state index contributed by atoms with van der Waals surface area (Å²) in [5.74, 6) is 0. The summed E-state index contributed by atoms with van der Waals surface area (Å²) < 4.78 is 4.94. The molecule has 0 saturated heterocycles. The van der Waals surface area contributed by atoms with E-state index in [4.69, 9.17) is 0 Å². The van der Waals surface area contributed by atoms with Crippen molar-refractivity contribution >= 4 is 43.6 Å². The fourth-order valence-corrected chi connectivity index (χ4v) is 11.3. The van der Waals surface area contributed by atoms with Gasteiger partial charge in [-0.3, -0.25) is 0 Å². The Morgan fingerprint density at radius 1 is 0.149 bits per heavy atom. The van der Waals surface area contributed by atoms with E-state index in [-0.39, 0.29) is 0 Å². The van der Waals surface area contributed by atoms with Crippen molar-refractivity contribution in [3.05, 3.63) is 291 Å². The SMILES string of the molecule is c1ccc(-c2cc(-c3ccccc3)cc(-n3c4ccc(-c5ccccc5)cc4c4cc(-c5ccc6c(c5)c5cc(-c7ccccc7)ccc5n6-c5cc(-c6ccccc6)cc(-c6ccccc6)c5)ccc43)c2)cc1. The zero-order valence-corrected chi connectivity index (χ0v) is 40.6. The van der Waals surface area contributed by atoms with Gasteiger partial charge >= 0.3 is 0 Å². The summed E-state index contributed by atoms with van der Waals surface area (Å²) in [5, 5.41) is 4.85. The average Bonchev–Trinajstić information content (AvgIpc) is 4.00. The first-order chi connectivity index (χ1) is 36.7. The Labute approximate surface area is 431 Å². The molecular formula is C72H48N2. The lowest BCUT2D eigenvalue weighted by Gasteiger charge is -2.14. The van der Waals surface area contributed by atoms with E-state index >= 15 is 0 Å². The van der Waals surface area contributed by atoms with Crippen LogP contribution in [0.4, 0.5) is 0 Å². The van der Waals surface area contributed by atoms with Crippen LogP contribution in [0.25, 0.3) is 133 Å². The highest BCUT2D eigenvalue weighted by atomic mass is 15.0. The van der Waals surface area contributed by atoms with Crippen LogP contribution in [0.15, 0.2) is 291 Å². The minimum atomic E-state index is 1.13. The molecule has 0 fully saturated rings. The van der Waals surface area contributed by atoms with Gasteiger partial charge in [0, 0.05) is 32.9 Å². The molecule has 2 aromatic heterocycles. The number of nitrogens with zero attached hydrogens (tertiary/aromatic N) is 2. The van der Waals surface area contributed by atoms with Gasteiger partial charge in [0.1, 0.15) is 0 Å². The first-order valence-electron chi connectivity index (χ1n) is 25.5. The Balaban J connectivity index is 0.989. The molecule has 0 bridgehead atoms. The summed E-state index contributed by atoms with van der Waals surface area (Å²) in [5.41, 5.74) is 23.5. The molecule has 74 heavy (non-hydrogen) atoms. The molecule has 0 aliphatic carbocycles. The standard InChI is InChI=1S/C72H48N2/c1-7-19-49(20-8-1)55-31-35-69-65(45-55)67-47-57(33-37-71(67)73(69)63-41-59(51-23-11-3-12-24-51)39-60(42-63)52-25-13-4-14-26-52)58-34-38-72-68(48-58)66-46-56(50-21-9-2-10-22-50)32-36-70(66)74(72)64-43-61(53-27-15-5-16-28-53)40-62(44-64)54-29-17-6-18-30-54/h1-48H. The van der Waals surface area contributed by atoms with Gasteiger partial charge < -0.3 is 9.13 Å². The van der Waals surface area contributed by atoms with Gasteiger partial charge in [-0.1, -0.05) is 206 Å². The molecule has 12 aromatic carbocycles. The Bertz CT molecular complexity index is 3960. The Morgan fingerprint density at radius 2 is 0.351 bits per heavy atom. The Hall–Kier alpha value is -9.76. The third-order valence-corrected chi connectivity index (χ3v) is 14.9. The lowest BCUT2D eigenvalue weighted by molar-refractivity contribution is 1.18. The van der Waals surface area contributed by atoms with Crippen LogP contribution in [0.5, 0.6) is 0 Å². The summed E-state index contributed by atoms with van der Waals surface area (Å²) >= 11 is 0.